The van der Waals surface area contributed by atoms with Crippen LogP contribution in [0.5, 0.6) is 0 Å². The summed E-state index contributed by atoms with van der Waals surface area (Å²) in [6.07, 6.45) is 1.63. The number of pyridine rings is 1. The Morgan fingerprint density at radius 1 is 1.19 bits per heavy atom. The molecule has 0 spiro atoms. The number of rotatable bonds is 5. The fourth-order valence-corrected chi connectivity index (χ4v) is 3.10. The van der Waals surface area contributed by atoms with E-state index in [0.717, 1.165) is 11.0 Å². The van der Waals surface area contributed by atoms with Gasteiger partial charge in [-0.05, 0) is 30.2 Å². The first-order valence-corrected chi connectivity index (χ1v) is 8.81. The van der Waals surface area contributed by atoms with E-state index >= 15 is 0 Å². The van der Waals surface area contributed by atoms with E-state index in [1.54, 1.807) is 24.4 Å². The van der Waals surface area contributed by atoms with Gasteiger partial charge in [0.25, 0.3) is 0 Å². The van der Waals surface area contributed by atoms with Crippen LogP contribution in [0, 0.1) is 5.92 Å². The van der Waals surface area contributed by atoms with Crippen molar-refractivity contribution in [3.63, 3.8) is 0 Å². The van der Waals surface area contributed by atoms with E-state index in [-0.39, 0.29) is 30.1 Å². The average molecular weight is 364 g/mol. The van der Waals surface area contributed by atoms with Gasteiger partial charge in [-0.1, -0.05) is 32.0 Å². The Balaban J connectivity index is 1.57. The van der Waals surface area contributed by atoms with E-state index in [0.29, 0.717) is 11.5 Å². The number of para-hydroxylation sites is 2. The third kappa shape index (κ3) is 3.21. The van der Waals surface area contributed by atoms with Crippen LogP contribution in [0.15, 0.2) is 53.5 Å². The van der Waals surface area contributed by atoms with Gasteiger partial charge in [0.1, 0.15) is 12.4 Å². The van der Waals surface area contributed by atoms with E-state index < -0.39 is 0 Å². The first kappa shape index (κ1) is 17.0. The van der Waals surface area contributed by atoms with Crippen molar-refractivity contribution in [2.24, 2.45) is 5.92 Å². The largest absolute Gasteiger partial charge is 0.350 e. The molecular formula is C19H20N6O2. The van der Waals surface area contributed by atoms with Gasteiger partial charge in [0, 0.05) is 6.20 Å². The van der Waals surface area contributed by atoms with Crippen LogP contribution >= 0.6 is 0 Å². The molecule has 0 aliphatic heterocycles. The van der Waals surface area contributed by atoms with Crippen LogP contribution < -0.4 is 11.0 Å². The second kappa shape index (κ2) is 6.71. The number of hydrogen-bond acceptors (Lipinski definition) is 4. The number of fused-ring (bicyclic) bond motifs is 2. The Bertz CT molecular complexity index is 1140. The highest BCUT2D eigenvalue weighted by Crippen LogP contribution is 2.22. The highest BCUT2D eigenvalue weighted by Gasteiger charge is 2.22. The van der Waals surface area contributed by atoms with Gasteiger partial charge in [0.05, 0.1) is 17.1 Å². The molecule has 1 unspecified atom stereocenters. The smallest absolute Gasteiger partial charge is 0.344 e. The number of benzene rings is 1. The summed E-state index contributed by atoms with van der Waals surface area (Å²) in [5, 5.41) is 7.17. The zero-order valence-corrected chi connectivity index (χ0v) is 15.1. The molecule has 4 rings (SSSR count). The highest BCUT2D eigenvalue weighted by atomic mass is 16.2. The van der Waals surface area contributed by atoms with Crippen molar-refractivity contribution in [1.82, 2.24) is 29.5 Å². The molecule has 1 aromatic carbocycles. The van der Waals surface area contributed by atoms with Crippen LogP contribution in [0.1, 0.15) is 25.7 Å². The lowest BCUT2D eigenvalue weighted by Crippen LogP contribution is -2.37. The minimum atomic E-state index is -0.342. The second-order valence-electron chi connectivity index (χ2n) is 6.80. The Labute approximate surface area is 154 Å². The number of H-pyrrole nitrogens is 1. The minimum absolute atomic E-state index is 0.118. The number of hydrogen-bond donors (Lipinski definition) is 2. The van der Waals surface area contributed by atoms with Crippen LogP contribution in [0.4, 0.5) is 0 Å². The summed E-state index contributed by atoms with van der Waals surface area (Å²) in [5.74, 6) is 0.522. The predicted octanol–water partition coefficient (Wildman–Crippen LogP) is 1.89. The molecule has 0 saturated heterocycles. The van der Waals surface area contributed by atoms with Gasteiger partial charge in [-0.2, -0.15) is 0 Å². The Hall–Kier alpha value is -3.42. The number of carbonyl (C=O) groups excluding carboxylic acids is 1. The quantitative estimate of drug-likeness (QED) is 0.565. The summed E-state index contributed by atoms with van der Waals surface area (Å²) in [7, 11) is 0. The van der Waals surface area contributed by atoms with Crippen molar-refractivity contribution < 1.29 is 4.79 Å². The number of aromatic nitrogens is 5. The second-order valence-corrected chi connectivity index (χ2v) is 6.80. The molecule has 0 fully saturated rings. The summed E-state index contributed by atoms with van der Waals surface area (Å²) < 4.78 is 2.58. The summed E-state index contributed by atoms with van der Waals surface area (Å²) >= 11 is 0. The van der Waals surface area contributed by atoms with Gasteiger partial charge < -0.3 is 10.3 Å². The molecule has 0 radical (unpaired) electrons. The summed E-state index contributed by atoms with van der Waals surface area (Å²) in [6.45, 7) is 3.87. The fraction of sp³-hybridized carbons (Fsp3) is 0.263. The first-order valence-electron chi connectivity index (χ1n) is 8.81. The molecule has 0 aliphatic rings. The van der Waals surface area contributed by atoms with Crippen LogP contribution in [0.2, 0.25) is 0 Å². The van der Waals surface area contributed by atoms with Crippen molar-refractivity contribution >= 4 is 22.6 Å². The highest BCUT2D eigenvalue weighted by molar-refractivity contribution is 5.77. The van der Waals surface area contributed by atoms with E-state index in [1.807, 2.05) is 38.1 Å². The first-order chi connectivity index (χ1) is 13.0. The topological polar surface area (TPSA) is 97.1 Å². The molecule has 0 bridgehead atoms. The Morgan fingerprint density at radius 3 is 2.70 bits per heavy atom. The molecule has 0 aliphatic carbocycles. The van der Waals surface area contributed by atoms with E-state index in [2.05, 4.69) is 20.4 Å². The van der Waals surface area contributed by atoms with Gasteiger partial charge in [-0.3, -0.25) is 9.20 Å². The van der Waals surface area contributed by atoms with Crippen LogP contribution in [-0.4, -0.2) is 30.1 Å². The molecule has 8 heteroatoms. The van der Waals surface area contributed by atoms with Crippen LogP contribution in [0.25, 0.3) is 16.7 Å². The molecular weight excluding hydrogens is 344 g/mol. The molecule has 0 saturated carbocycles. The standard InChI is InChI=1S/C19H20N6O2/c1-12(2)17(18-20-13-7-3-4-8-14(13)21-18)22-16(26)11-25-19(27)24-10-6-5-9-15(24)23-25/h3-10,12,17H,11H2,1-2H3,(H,20,21)(H,22,26). The monoisotopic (exact) mass is 364 g/mol. The zero-order valence-electron chi connectivity index (χ0n) is 15.1. The van der Waals surface area contributed by atoms with Gasteiger partial charge in [0.15, 0.2) is 5.65 Å². The number of carbonyl (C=O) groups is 1. The van der Waals surface area contributed by atoms with E-state index in [1.165, 1.54) is 9.08 Å². The summed E-state index contributed by atoms with van der Waals surface area (Å²) in [6, 6.07) is 12.7. The number of nitrogens with one attached hydrogen (secondary N) is 2. The number of aromatic amines is 1. The molecule has 3 heterocycles. The maximum absolute atomic E-state index is 12.6. The van der Waals surface area contributed by atoms with Crippen molar-refractivity contribution in [2.75, 3.05) is 0 Å². The molecule has 4 aromatic rings. The van der Waals surface area contributed by atoms with E-state index in [9.17, 15) is 9.59 Å². The molecule has 138 valence electrons. The fourth-order valence-electron chi connectivity index (χ4n) is 3.10. The molecule has 1 amide bonds. The van der Waals surface area contributed by atoms with Crippen LogP contribution in [0.3, 0.4) is 0 Å². The zero-order chi connectivity index (χ0) is 19.0. The van der Waals surface area contributed by atoms with Crippen molar-refractivity contribution in [3.8, 4) is 0 Å². The summed E-state index contributed by atoms with van der Waals surface area (Å²) in [4.78, 5) is 32.8. The molecule has 8 nitrogen and oxygen atoms in total. The third-order valence-electron chi connectivity index (χ3n) is 4.47. The van der Waals surface area contributed by atoms with Crippen molar-refractivity contribution in [3.05, 3.63) is 65.0 Å². The minimum Gasteiger partial charge on any atom is -0.344 e. The van der Waals surface area contributed by atoms with Crippen LogP contribution in [-0.2, 0) is 11.3 Å². The summed E-state index contributed by atoms with van der Waals surface area (Å²) in [5.41, 5.74) is 1.94. The maximum Gasteiger partial charge on any atom is 0.350 e. The SMILES string of the molecule is CC(C)C(NC(=O)Cn1nc2ccccn2c1=O)c1nc2ccccc2[nH]1. The van der Waals surface area contributed by atoms with Gasteiger partial charge in [-0.15, -0.1) is 5.10 Å². The maximum atomic E-state index is 12.6. The van der Waals surface area contributed by atoms with Crippen molar-refractivity contribution in [2.45, 2.75) is 26.4 Å². The lowest BCUT2D eigenvalue weighted by atomic mass is 10.0. The lowest BCUT2D eigenvalue weighted by molar-refractivity contribution is -0.123. The normalized spacial score (nSPS) is 12.7. The molecule has 1 atom stereocenters. The Kier molecular flexibility index (Phi) is 4.23. The Morgan fingerprint density at radius 2 is 1.96 bits per heavy atom. The molecule has 2 N–H and O–H groups in total. The van der Waals surface area contributed by atoms with E-state index in [4.69, 9.17) is 0 Å². The average Bonchev–Trinajstić information content (AvgIpc) is 3.21. The number of nitrogens with zero attached hydrogens (tertiary/aromatic N) is 4. The van der Waals surface area contributed by atoms with Crippen molar-refractivity contribution in [1.29, 1.82) is 0 Å². The molecule has 3 aromatic heterocycles. The van der Waals surface area contributed by atoms with Gasteiger partial charge >= 0.3 is 5.69 Å². The predicted molar refractivity (Wildman–Crippen MR) is 101 cm³/mol. The molecule has 27 heavy (non-hydrogen) atoms. The van der Waals surface area contributed by atoms with Gasteiger partial charge in [0.2, 0.25) is 5.91 Å². The lowest BCUT2D eigenvalue weighted by Gasteiger charge is -2.20. The van der Waals surface area contributed by atoms with Gasteiger partial charge in [-0.25, -0.2) is 14.5 Å². The third-order valence-corrected chi connectivity index (χ3v) is 4.47. The number of amides is 1. The number of imidazole rings is 1.